The molecule has 7 nitrogen and oxygen atoms in total. The second-order valence-electron chi connectivity index (χ2n) is 6.19. The molecule has 1 aliphatic rings. The highest BCUT2D eigenvalue weighted by molar-refractivity contribution is 7.13. The first-order chi connectivity index (χ1) is 13.0. The third-order valence-electron chi connectivity index (χ3n) is 4.45. The van der Waals surface area contributed by atoms with Crippen LogP contribution in [-0.4, -0.2) is 25.6 Å². The Labute approximate surface area is 163 Å². The molecule has 2 aromatic heterocycles. The number of benzene rings is 1. The van der Waals surface area contributed by atoms with Crippen molar-refractivity contribution in [2.75, 3.05) is 5.32 Å². The molecule has 0 fully saturated rings. The van der Waals surface area contributed by atoms with Crippen LogP contribution in [0, 0.1) is 0 Å². The molecule has 9 heteroatoms. The van der Waals surface area contributed by atoms with E-state index in [4.69, 9.17) is 11.6 Å². The Kier molecular flexibility index (Phi) is 4.67. The number of fused-ring (bicyclic) bond motifs is 1. The predicted molar refractivity (Wildman–Crippen MR) is 103 cm³/mol. The van der Waals surface area contributed by atoms with Gasteiger partial charge in [0.2, 0.25) is 0 Å². The quantitative estimate of drug-likeness (QED) is 0.695. The van der Waals surface area contributed by atoms with Gasteiger partial charge in [0.1, 0.15) is 12.2 Å². The van der Waals surface area contributed by atoms with Crippen LogP contribution in [0.25, 0.3) is 10.7 Å². The first kappa shape index (κ1) is 17.7. The van der Waals surface area contributed by atoms with Gasteiger partial charge >= 0.3 is 5.97 Å². The predicted octanol–water partition coefficient (Wildman–Crippen LogP) is 3.20. The zero-order chi connectivity index (χ0) is 19.0. The maximum Gasteiger partial charge on any atom is 0.323 e. The third-order valence-corrected chi connectivity index (χ3v) is 5.47. The topological polar surface area (TPSA) is 97.1 Å². The lowest BCUT2D eigenvalue weighted by atomic mass is 9.96. The molecule has 0 bridgehead atoms. The molecule has 1 atom stereocenters. The number of anilines is 1. The van der Waals surface area contributed by atoms with Crippen LogP contribution in [0.15, 0.2) is 40.8 Å². The molecular formula is C18H15ClN4O3S. The van der Waals surface area contributed by atoms with Gasteiger partial charge in [0.05, 0.1) is 22.1 Å². The number of aromatic nitrogens is 3. The maximum absolute atomic E-state index is 13.1. The number of thiazole rings is 1. The average Bonchev–Trinajstić information content (AvgIpc) is 3.18. The van der Waals surface area contributed by atoms with Crippen molar-refractivity contribution in [3.05, 3.63) is 62.6 Å². The number of nitrogens with zero attached hydrogens (tertiary/aromatic N) is 3. The van der Waals surface area contributed by atoms with Crippen LogP contribution in [-0.2, 0) is 17.8 Å². The SMILES string of the molecule is O=C(O)Cn1c(-c2cncs2)nc2c(c1=O)N[C@H](c1ccc(Cl)cc1)CC2. The minimum atomic E-state index is -1.10. The summed E-state index contributed by atoms with van der Waals surface area (Å²) in [4.78, 5) is 33.6. The van der Waals surface area contributed by atoms with Gasteiger partial charge in [-0.3, -0.25) is 19.1 Å². The van der Waals surface area contributed by atoms with Gasteiger partial charge in [-0.25, -0.2) is 4.98 Å². The molecule has 3 aromatic rings. The minimum Gasteiger partial charge on any atom is -0.480 e. The fraction of sp³-hybridized carbons (Fsp3) is 0.222. The largest absolute Gasteiger partial charge is 0.480 e. The molecule has 0 spiro atoms. The van der Waals surface area contributed by atoms with Crippen molar-refractivity contribution in [3.8, 4) is 10.7 Å². The Bertz CT molecular complexity index is 1050. The number of rotatable bonds is 4. The number of hydrogen-bond donors (Lipinski definition) is 2. The van der Waals surface area contributed by atoms with E-state index in [1.807, 2.05) is 24.3 Å². The van der Waals surface area contributed by atoms with Crippen molar-refractivity contribution in [2.45, 2.75) is 25.4 Å². The van der Waals surface area contributed by atoms with Crippen LogP contribution in [0.3, 0.4) is 0 Å². The number of halogens is 1. The molecule has 0 aliphatic carbocycles. The molecular weight excluding hydrogens is 388 g/mol. The van der Waals surface area contributed by atoms with Gasteiger partial charge in [-0.05, 0) is 30.5 Å². The van der Waals surface area contributed by atoms with Gasteiger partial charge < -0.3 is 10.4 Å². The Hall–Kier alpha value is -2.71. The van der Waals surface area contributed by atoms with Crippen molar-refractivity contribution >= 4 is 34.6 Å². The van der Waals surface area contributed by atoms with E-state index in [9.17, 15) is 14.7 Å². The molecule has 0 radical (unpaired) electrons. The smallest absolute Gasteiger partial charge is 0.323 e. The summed E-state index contributed by atoms with van der Waals surface area (Å²) in [5.41, 5.74) is 3.26. The number of carboxylic acid groups (broad SMARTS) is 1. The van der Waals surface area contributed by atoms with Crippen molar-refractivity contribution in [1.82, 2.24) is 14.5 Å². The van der Waals surface area contributed by atoms with Gasteiger partial charge in [0, 0.05) is 11.2 Å². The highest BCUT2D eigenvalue weighted by atomic mass is 35.5. The minimum absolute atomic E-state index is 0.0585. The van der Waals surface area contributed by atoms with E-state index >= 15 is 0 Å². The zero-order valence-electron chi connectivity index (χ0n) is 14.1. The number of carboxylic acids is 1. The molecule has 0 amide bonds. The van der Waals surface area contributed by atoms with Gasteiger partial charge in [-0.2, -0.15) is 0 Å². The van der Waals surface area contributed by atoms with Crippen LogP contribution in [0.5, 0.6) is 0 Å². The van der Waals surface area contributed by atoms with Gasteiger partial charge in [0.15, 0.2) is 5.82 Å². The molecule has 0 saturated heterocycles. The van der Waals surface area contributed by atoms with Gasteiger partial charge in [-0.15, -0.1) is 11.3 Å². The van der Waals surface area contributed by atoms with Crippen molar-refractivity contribution in [2.24, 2.45) is 0 Å². The standard InChI is InChI=1S/C18H15ClN4O3S/c19-11-3-1-10(2-4-11)12-5-6-13-16(21-12)18(26)23(8-15(24)25)17(22-13)14-7-20-9-27-14/h1-4,7,9,12,21H,5-6,8H2,(H,24,25)/t12-/m0/s1. The molecule has 0 saturated carbocycles. The van der Waals surface area contributed by atoms with Crippen molar-refractivity contribution in [1.29, 1.82) is 0 Å². The van der Waals surface area contributed by atoms with Crippen LogP contribution < -0.4 is 10.9 Å². The summed E-state index contributed by atoms with van der Waals surface area (Å²) in [6.07, 6.45) is 2.97. The van der Waals surface area contributed by atoms with E-state index in [-0.39, 0.29) is 11.6 Å². The number of carbonyl (C=O) groups is 1. The summed E-state index contributed by atoms with van der Waals surface area (Å²) >= 11 is 7.27. The summed E-state index contributed by atoms with van der Waals surface area (Å²) in [5.74, 6) is -0.759. The number of hydrogen-bond acceptors (Lipinski definition) is 6. The molecule has 3 heterocycles. The fourth-order valence-corrected chi connectivity index (χ4v) is 3.94. The van der Waals surface area contributed by atoms with Crippen LogP contribution in [0.1, 0.15) is 23.7 Å². The summed E-state index contributed by atoms with van der Waals surface area (Å²) in [7, 11) is 0. The Balaban J connectivity index is 1.78. The third kappa shape index (κ3) is 3.45. The van der Waals surface area contributed by atoms with Gasteiger partial charge in [-0.1, -0.05) is 23.7 Å². The van der Waals surface area contributed by atoms with Crippen LogP contribution in [0.2, 0.25) is 5.02 Å². The van der Waals surface area contributed by atoms with Crippen molar-refractivity contribution < 1.29 is 9.90 Å². The monoisotopic (exact) mass is 402 g/mol. The molecule has 4 rings (SSSR count). The average molecular weight is 403 g/mol. The zero-order valence-corrected chi connectivity index (χ0v) is 15.6. The van der Waals surface area contributed by atoms with E-state index in [1.54, 1.807) is 11.7 Å². The molecule has 1 aliphatic heterocycles. The highest BCUT2D eigenvalue weighted by Crippen LogP contribution is 2.32. The van der Waals surface area contributed by atoms with E-state index in [0.717, 1.165) is 12.0 Å². The number of aliphatic carboxylic acids is 1. The summed E-state index contributed by atoms with van der Waals surface area (Å²) in [6.45, 7) is -0.459. The Morgan fingerprint density at radius 1 is 1.37 bits per heavy atom. The first-order valence-corrected chi connectivity index (χ1v) is 9.55. The fourth-order valence-electron chi connectivity index (χ4n) is 3.19. The molecule has 1 aromatic carbocycles. The Morgan fingerprint density at radius 3 is 2.81 bits per heavy atom. The summed E-state index contributed by atoms with van der Waals surface area (Å²) in [6, 6.07) is 7.39. The second-order valence-corrected chi connectivity index (χ2v) is 7.52. The normalized spacial score (nSPS) is 15.8. The lowest BCUT2D eigenvalue weighted by Crippen LogP contribution is -2.33. The van der Waals surface area contributed by atoms with Gasteiger partial charge in [0.25, 0.3) is 5.56 Å². The molecule has 138 valence electrons. The highest BCUT2D eigenvalue weighted by Gasteiger charge is 2.26. The van der Waals surface area contributed by atoms with Crippen molar-refractivity contribution in [3.63, 3.8) is 0 Å². The van der Waals surface area contributed by atoms with E-state index in [1.165, 1.54) is 15.9 Å². The lowest BCUT2D eigenvalue weighted by molar-refractivity contribution is -0.137. The number of nitrogens with one attached hydrogen (secondary N) is 1. The second kappa shape index (κ2) is 7.13. The van der Waals surface area contributed by atoms with E-state index in [0.29, 0.717) is 33.5 Å². The number of aryl methyl sites for hydroxylation is 1. The maximum atomic E-state index is 13.1. The first-order valence-electron chi connectivity index (χ1n) is 8.29. The van der Waals surface area contributed by atoms with Crippen LogP contribution in [0.4, 0.5) is 5.69 Å². The lowest BCUT2D eigenvalue weighted by Gasteiger charge is -2.27. The Morgan fingerprint density at radius 2 is 2.15 bits per heavy atom. The van der Waals surface area contributed by atoms with E-state index in [2.05, 4.69) is 15.3 Å². The summed E-state index contributed by atoms with van der Waals surface area (Å²) < 4.78 is 1.19. The van der Waals surface area contributed by atoms with E-state index < -0.39 is 12.5 Å². The molecule has 27 heavy (non-hydrogen) atoms. The molecule has 0 unspecified atom stereocenters. The summed E-state index contributed by atoms with van der Waals surface area (Å²) in [5, 5.41) is 13.1. The van der Waals surface area contributed by atoms with Crippen LogP contribution >= 0.6 is 22.9 Å². The molecule has 2 N–H and O–H groups in total.